The number of methoxy groups -OCH3 is 2. The predicted molar refractivity (Wildman–Crippen MR) is 81.7 cm³/mol. The van der Waals surface area contributed by atoms with Gasteiger partial charge in [-0.15, -0.1) is 0 Å². The molecule has 0 spiro atoms. The van der Waals surface area contributed by atoms with Gasteiger partial charge in [-0.05, 0) is 29.8 Å². The average Bonchev–Trinajstić information content (AvgIpc) is 2.54. The highest BCUT2D eigenvalue weighted by molar-refractivity contribution is 5.73. The normalized spacial score (nSPS) is 11.5. The molecule has 0 radical (unpaired) electrons. The predicted octanol–water partition coefficient (Wildman–Crippen LogP) is 2.78. The van der Waals surface area contributed by atoms with Crippen LogP contribution in [0.2, 0.25) is 0 Å². The monoisotopic (exact) mass is 302 g/mol. The number of carboxylic acid groups (broad SMARTS) is 1. The van der Waals surface area contributed by atoms with Gasteiger partial charge in [0.1, 0.15) is 17.2 Å². The van der Waals surface area contributed by atoms with Crippen molar-refractivity contribution in [2.45, 2.75) is 12.5 Å². The molecule has 2 aromatic carbocycles. The largest absolute Gasteiger partial charge is 0.497 e. The van der Waals surface area contributed by atoms with E-state index in [0.717, 1.165) is 5.56 Å². The molecule has 0 aliphatic heterocycles. The summed E-state index contributed by atoms with van der Waals surface area (Å²) < 4.78 is 15.8. The first-order valence-corrected chi connectivity index (χ1v) is 6.79. The van der Waals surface area contributed by atoms with Gasteiger partial charge >= 0.3 is 5.97 Å². The van der Waals surface area contributed by atoms with Gasteiger partial charge in [-0.1, -0.05) is 18.2 Å². The van der Waals surface area contributed by atoms with Gasteiger partial charge in [-0.25, -0.2) is 4.79 Å². The third-order valence-electron chi connectivity index (χ3n) is 3.15. The van der Waals surface area contributed by atoms with Crippen molar-refractivity contribution >= 4 is 5.97 Å². The summed E-state index contributed by atoms with van der Waals surface area (Å²) in [4.78, 5) is 11.4. The fourth-order valence-electron chi connectivity index (χ4n) is 2.03. The highest BCUT2D eigenvalue weighted by Gasteiger charge is 2.20. The van der Waals surface area contributed by atoms with Crippen LogP contribution >= 0.6 is 0 Å². The third kappa shape index (κ3) is 4.15. The van der Waals surface area contributed by atoms with Crippen molar-refractivity contribution in [3.8, 4) is 17.2 Å². The van der Waals surface area contributed by atoms with Crippen LogP contribution in [0.4, 0.5) is 0 Å². The van der Waals surface area contributed by atoms with E-state index < -0.39 is 12.1 Å². The number of carboxylic acids is 1. The van der Waals surface area contributed by atoms with Gasteiger partial charge in [0.05, 0.1) is 14.2 Å². The van der Waals surface area contributed by atoms with Crippen LogP contribution in [0.15, 0.2) is 48.5 Å². The molecule has 0 saturated carbocycles. The molecule has 22 heavy (non-hydrogen) atoms. The van der Waals surface area contributed by atoms with Gasteiger partial charge in [-0.3, -0.25) is 0 Å². The van der Waals surface area contributed by atoms with Crippen LogP contribution in [-0.4, -0.2) is 31.4 Å². The van der Waals surface area contributed by atoms with Gasteiger partial charge < -0.3 is 19.3 Å². The summed E-state index contributed by atoms with van der Waals surface area (Å²) in [6.07, 6.45) is -0.747. The second-order valence-corrected chi connectivity index (χ2v) is 4.68. The number of rotatable bonds is 7. The van der Waals surface area contributed by atoms with Crippen molar-refractivity contribution in [1.82, 2.24) is 0 Å². The van der Waals surface area contributed by atoms with Crippen molar-refractivity contribution < 1.29 is 24.1 Å². The molecule has 0 aliphatic carbocycles. The summed E-state index contributed by atoms with van der Waals surface area (Å²) in [5.74, 6) is 0.728. The third-order valence-corrected chi connectivity index (χ3v) is 3.15. The van der Waals surface area contributed by atoms with E-state index in [1.807, 2.05) is 18.2 Å². The molecular weight excluding hydrogens is 284 g/mol. The molecule has 116 valence electrons. The Hall–Kier alpha value is -2.69. The minimum absolute atomic E-state index is 0.240. The first-order chi connectivity index (χ1) is 10.6. The summed E-state index contributed by atoms with van der Waals surface area (Å²) in [6.45, 7) is 0. The molecule has 5 nitrogen and oxygen atoms in total. The Morgan fingerprint density at radius 2 is 1.59 bits per heavy atom. The van der Waals surface area contributed by atoms with E-state index in [1.165, 1.54) is 0 Å². The standard InChI is InChI=1S/C17H18O5/c1-20-13-6-3-5-12(9-13)10-16(17(18)19)22-15-8-4-7-14(11-15)21-2/h3-9,11,16H,10H2,1-2H3,(H,18,19). The van der Waals surface area contributed by atoms with Crippen molar-refractivity contribution in [2.75, 3.05) is 14.2 Å². The fourth-order valence-corrected chi connectivity index (χ4v) is 2.03. The summed E-state index contributed by atoms with van der Waals surface area (Å²) in [7, 11) is 3.12. The Balaban J connectivity index is 2.14. The quantitative estimate of drug-likeness (QED) is 0.852. The molecule has 1 atom stereocenters. The van der Waals surface area contributed by atoms with Crippen LogP contribution in [0.1, 0.15) is 5.56 Å². The summed E-state index contributed by atoms with van der Waals surface area (Å²) >= 11 is 0. The molecule has 2 rings (SSSR count). The Bertz CT molecular complexity index is 589. The lowest BCUT2D eigenvalue weighted by Gasteiger charge is -2.16. The molecule has 2 aromatic rings. The molecule has 0 fully saturated rings. The maximum atomic E-state index is 11.4. The van der Waals surface area contributed by atoms with E-state index in [9.17, 15) is 9.90 Å². The zero-order valence-electron chi connectivity index (χ0n) is 12.5. The minimum Gasteiger partial charge on any atom is -0.497 e. The molecule has 5 heteroatoms. The lowest BCUT2D eigenvalue weighted by Crippen LogP contribution is -2.29. The number of carbonyl (C=O) groups is 1. The number of benzene rings is 2. The van der Waals surface area contributed by atoms with Crippen molar-refractivity contribution in [1.29, 1.82) is 0 Å². The lowest BCUT2D eigenvalue weighted by molar-refractivity contribution is -0.145. The van der Waals surface area contributed by atoms with Crippen LogP contribution in [-0.2, 0) is 11.2 Å². The molecule has 0 amide bonds. The summed E-state index contributed by atoms with van der Waals surface area (Å²) in [5, 5.41) is 9.36. The average molecular weight is 302 g/mol. The highest BCUT2D eigenvalue weighted by atomic mass is 16.5. The van der Waals surface area contributed by atoms with Crippen molar-refractivity contribution in [3.63, 3.8) is 0 Å². The molecule has 1 N–H and O–H groups in total. The molecule has 0 heterocycles. The van der Waals surface area contributed by atoms with Crippen LogP contribution in [0.25, 0.3) is 0 Å². The van der Waals surface area contributed by atoms with Crippen LogP contribution in [0, 0.1) is 0 Å². The zero-order chi connectivity index (χ0) is 15.9. The Morgan fingerprint density at radius 1 is 1.00 bits per heavy atom. The molecular formula is C17H18O5. The van der Waals surface area contributed by atoms with Crippen molar-refractivity contribution in [3.05, 3.63) is 54.1 Å². The Morgan fingerprint density at radius 3 is 2.23 bits per heavy atom. The van der Waals surface area contributed by atoms with Crippen LogP contribution in [0.5, 0.6) is 17.2 Å². The van der Waals surface area contributed by atoms with Gasteiger partial charge in [0.2, 0.25) is 0 Å². The zero-order valence-corrected chi connectivity index (χ0v) is 12.5. The molecule has 0 aromatic heterocycles. The van der Waals surface area contributed by atoms with Crippen LogP contribution < -0.4 is 14.2 Å². The number of hydrogen-bond donors (Lipinski definition) is 1. The Labute approximate surface area is 129 Å². The van der Waals surface area contributed by atoms with E-state index in [4.69, 9.17) is 14.2 Å². The first kappa shape index (κ1) is 15.7. The van der Waals surface area contributed by atoms with E-state index in [2.05, 4.69) is 0 Å². The minimum atomic E-state index is -1.02. The Kier molecular flexibility index (Phi) is 5.25. The maximum Gasteiger partial charge on any atom is 0.345 e. The topological polar surface area (TPSA) is 65.0 Å². The van der Waals surface area contributed by atoms with Crippen molar-refractivity contribution in [2.24, 2.45) is 0 Å². The van der Waals surface area contributed by atoms with Crippen LogP contribution in [0.3, 0.4) is 0 Å². The molecule has 0 saturated heterocycles. The second-order valence-electron chi connectivity index (χ2n) is 4.68. The van der Waals surface area contributed by atoms with E-state index in [1.54, 1.807) is 44.6 Å². The van der Waals surface area contributed by atoms with E-state index >= 15 is 0 Å². The smallest absolute Gasteiger partial charge is 0.345 e. The molecule has 0 aliphatic rings. The highest BCUT2D eigenvalue weighted by Crippen LogP contribution is 2.22. The SMILES string of the molecule is COc1cccc(CC(Oc2cccc(OC)c2)C(=O)O)c1. The fraction of sp³-hybridized carbons (Fsp3) is 0.235. The van der Waals surface area contributed by atoms with E-state index in [-0.39, 0.29) is 6.42 Å². The molecule has 1 unspecified atom stereocenters. The van der Waals surface area contributed by atoms with E-state index in [0.29, 0.717) is 17.2 Å². The maximum absolute atomic E-state index is 11.4. The number of ether oxygens (including phenoxy) is 3. The van der Waals surface area contributed by atoms with Gasteiger partial charge in [0.25, 0.3) is 0 Å². The second kappa shape index (κ2) is 7.36. The van der Waals surface area contributed by atoms with Gasteiger partial charge in [0.15, 0.2) is 6.10 Å². The van der Waals surface area contributed by atoms with Gasteiger partial charge in [-0.2, -0.15) is 0 Å². The first-order valence-electron chi connectivity index (χ1n) is 6.79. The summed E-state index contributed by atoms with van der Waals surface area (Å²) in [6, 6.07) is 14.1. The van der Waals surface area contributed by atoms with Gasteiger partial charge in [0, 0.05) is 12.5 Å². The molecule has 0 bridgehead atoms. The number of hydrogen-bond acceptors (Lipinski definition) is 4. The number of aliphatic carboxylic acids is 1. The summed E-state index contributed by atoms with van der Waals surface area (Å²) in [5.41, 5.74) is 0.828. The lowest BCUT2D eigenvalue weighted by atomic mass is 10.1.